The van der Waals surface area contributed by atoms with Crippen molar-refractivity contribution >= 4 is 6.03 Å². The molecule has 0 unspecified atom stereocenters. The summed E-state index contributed by atoms with van der Waals surface area (Å²) in [6.45, 7) is 4.66. The van der Waals surface area contributed by atoms with E-state index < -0.39 is 0 Å². The minimum atomic E-state index is -0.246. The van der Waals surface area contributed by atoms with Crippen molar-refractivity contribution < 1.29 is 14.6 Å². The number of para-hydroxylation sites is 1. The molecule has 0 spiro atoms. The van der Waals surface area contributed by atoms with Gasteiger partial charge in [-0.2, -0.15) is 0 Å². The summed E-state index contributed by atoms with van der Waals surface area (Å²) in [6, 6.07) is 9.12. The number of hydrogen-bond donors (Lipinski definition) is 3. The van der Waals surface area contributed by atoms with Crippen molar-refractivity contribution in [1.82, 2.24) is 10.6 Å². The Labute approximate surface area is 114 Å². The van der Waals surface area contributed by atoms with E-state index in [1.54, 1.807) is 0 Å². The molecule has 19 heavy (non-hydrogen) atoms. The monoisotopic (exact) mass is 266 g/mol. The summed E-state index contributed by atoms with van der Waals surface area (Å²) in [5.74, 6) is 0.840. The van der Waals surface area contributed by atoms with Crippen molar-refractivity contribution in [1.29, 1.82) is 0 Å². The van der Waals surface area contributed by atoms with Crippen LogP contribution in [0.5, 0.6) is 5.75 Å². The van der Waals surface area contributed by atoms with Gasteiger partial charge in [0.2, 0.25) is 0 Å². The van der Waals surface area contributed by atoms with Crippen molar-refractivity contribution in [3.63, 3.8) is 0 Å². The number of carbonyl (C=O) groups excluding carboxylic acids is 1. The van der Waals surface area contributed by atoms with Gasteiger partial charge in [0.1, 0.15) is 12.4 Å². The number of amides is 2. The van der Waals surface area contributed by atoms with Gasteiger partial charge in [-0.3, -0.25) is 0 Å². The third kappa shape index (κ3) is 6.67. The maximum atomic E-state index is 11.5. The molecular weight excluding hydrogens is 244 g/mol. The molecule has 106 valence electrons. The van der Waals surface area contributed by atoms with E-state index in [1.807, 2.05) is 44.2 Å². The predicted molar refractivity (Wildman–Crippen MR) is 74.2 cm³/mol. The van der Waals surface area contributed by atoms with Gasteiger partial charge in [-0.05, 0) is 25.0 Å². The molecule has 5 heteroatoms. The molecule has 0 aromatic heterocycles. The summed E-state index contributed by atoms with van der Waals surface area (Å²) < 4.78 is 5.53. The molecule has 1 aromatic carbocycles. The number of ether oxygens (including phenoxy) is 1. The number of aliphatic hydroxyl groups is 1. The average Bonchev–Trinajstić information content (AvgIpc) is 2.43. The second kappa shape index (κ2) is 8.37. The Bertz CT molecular complexity index is 370. The molecule has 0 radical (unpaired) electrons. The topological polar surface area (TPSA) is 70.6 Å². The highest BCUT2D eigenvalue weighted by Crippen LogP contribution is 2.08. The Morgan fingerprint density at radius 2 is 2.00 bits per heavy atom. The van der Waals surface area contributed by atoms with E-state index in [1.165, 1.54) is 0 Å². The van der Waals surface area contributed by atoms with Crippen LogP contribution in [-0.2, 0) is 0 Å². The van der Waals surface area contributed by atoms with Crippen LogP contribution in [0.15, 0.2) is 30.3 Å². The van der Waals surface area contributed by atoms with Crippen molar-refractivity contribution in [2.45, 2.75) is 19.9 Å². The van der Waals surface area contributed by atoms with Crippen LogP contribution in [0.4, 0.5) is 4.79 Å². The molecule has 0 aliphatic rings. The average molecular weight is 266 g/mol. The summed E-state index contributed by atoms with van der Waals surface area (Å²) in [4.78, 5) is 11.5. The maximum absolute atomic E-state index is 11.5. The quantitative estimate of drug-likeness (QED) is 0.698. The minimum absolute atomic E-state index is 0.0571. The zero-order valence-corrected chi connectivity index (χ0v) is 11.4. The lowest BCUT2D eigenvalue weighted by Crippen LogP contribution is -2.44. The molecule has 2 atom stereocenters. The van der Waals surface area contributed by atoms with Crippen LogP contribution in [0.2, 0.25) is 0 Å². The van der Waals surface area contributed by atoms with Crippen molar-refractivity contribution in [2.75, 3.05) is 19.8 Å². The van der Waals surface area contributed by atoms with Crippen LogP contribution in [0.3, 0.4) is 0 Å². The molecule has 0 bridgehead atoms. The Hall–Kier alpha value is -1.75. The number of carbonyl (C=O) groups is 1. The smallest absolute Gasteiger partial charge is 0.315 e. The third-order valence-corrected chi connectivity index (χ3v) is 2.54. The maximum Gasteiger partial charge on any atom is 0.315 e. The van der Waals surface area contributed by atoms with Crippen molar-refractivity contribution in [3.05, 3.63) is 30.3 Å². The fourth-order valence-corrected chi connectivity index (χ4v) is 1.39. The van der Waals surface area contributed by atoms with Crippen molar-refractivity contribution in [2.24, 2.45) is 5.92 Å². The Balaban J connectivity index is 2.20. The lowest BCUT2D eigenvalue weighted by Gasteiger charge is -2.16. The van der Waals surface area contributed by atoms with E-state index in [9.17, 15) is 4.79 Å². The van der Waals surface area contributed by atoms with E-state index in [4.69, 9.17) is 9.84 Å². The van der Waals surface area contributed by atoms with Crippen LogP contribution >= 0.6 is 0 Å². The fourth-order valence-electron chi connectivity index (χ4n) is 1.39. The second-order valence-electron chi connectivity index (χ2n) is 4.67. The predicted octanol–water partition coefficient (Wildman–Crippen LogP) is 1.38. The van der Waals surface area contributed by atoms with Gasteiger partial charge in [0.05, 0.1) is 6.04 Å². The molecule has 5 nitrogen and oxygen atoms in total. The number of urea groups is 1. The normalized spacial score (nSPS) is 13.4. The highest BCUT2D eigenvalue weighted by atomic mass is 16.5. The highest BCUT2D eigenvalue weighted by Gasteiger charge is 2.08. The molecule has 2 amide bonds. The fraction of sp³-hybridized carbons (Fsp3) is 0.500. The first-order chi connectivity index (χ1) is 9.11. The van der Waals surface area contributed by atoms with Gasteiger partial charge in [0, 0.05) is 13.2 Å². The van der Waals surface area contributed by atoms with Crippen LogP contribution < -0.4 is 15.4 Å². The third-order valence-electron chi connectivity index (χ3n) is 2.54. The number of rotatable bonds is 7. The molecule has 0 heterocycles. The van der Waals surface area contributed by atoms with Gasteiger partial charge in [-0.1, -0.05) is 25.1 Å². The molecular formula is C14H22N2O3. The van der Waals surface area contributed by atoms with Gasteiger partial charge in [0.15, 0.2) is 0 Å². The Morgan fingerprint density at radius 1 is 1.32 bits per heavy atom. The molecule has 1 aromatic rings. The molecule has 0 saturated carbocycles. The first-order valence-electron chi connectivity index (χ1n) is 6.45. The summed E-state index contributed by atoms with van der Waals surface area (Å²) in [7, 11) is 0. The molecule has 0 aliphatic heterocycles. The lowest BCUT2D eigenvalue weighted by atomic mass is 10.2. The van der Waals surface area contributed by atoms with Gasteiger partial charge < -0.3 is 20.5 Å². The van der Waals surface area contributed by atoms with Crippen LogP contribution in [-0.4, -0.2) is 36.9 Å². The van der Waals surface area contributed by atoms with Crippen molar-refractivity contribution in [3.8, 4) is 5.75 Å². The lowest BCUT2D eigenvalue weighted by molar-refractivity contribution is 0.214. The minimum Gasteiger partial charge on any atom is -0.491 e. The van der Waals surface area contributed by atoms with Crippen LogP contribution in [0.25, 0.3) is 0 Å². The van der Waals surface area contributed by atoms with Gasteiger partial charge in [0.25, 0.3) is 0 Å². The number of aliphatic hydroxyl groups excluding tert-OH is 1. The highest BCUT2D eigenvalue weighted by molar-refractivity contribution is 5.74. The summed E-state index contributed by atoms with van der Waals surface area (Å²) in [6.07, 6.45) is 0. The summed E-state index contributed by atoms with van der Waals surface area (Å²) in [5, 5.41) is 14.3. The largest absolute Gasteiger partial charge is 0.491 e. The Morgan fingerprint density at radius 3 is 2.63 bits per heavy atom. The Kier molecular flexibility index (Phi) is 6.74. The SMILES string of the molecule is C[C@@H](CO)CNC(=O)N[C@@H](C)COc1ccccc1. The number of benzene rings is 1. The van der Waals surface area contributed by atoms with Gasteiger partial charge in [-0.15, -0.1) is 0 Å². The first-order valence-corrected chi connectivity index (χ1v) is 6.45. The molecule has 0 fully saturated rings. The second-order valence-corrected chi connectivity index (χ2v) is 4.67. The molecule has 0 saturated heterocycles. The first kappa shape index (κ1) is 15.3. The number of hydrogen-bond acceptors (Lipinski definition) is 3. The standard InChI is InChI=1S/C14H22N2O3/c1-11(9-17)8-15-14(18)16-12(2)10-19-13-6-4-3-5-7-13/h3-7,11-12,17H,8-10H2,1-2H3,(H2,15,16,18)/t11-,12+/m1/s1. The van der Waals surface area contributed by atoms with Gasteiger partial charge in [-0.25, -0.2) is 4.79 Å². The summed E-state index contributed by atoms with van der Waals surface area (Å²) >= 11 is 0. The molecule has 3 N–H and O–H groups in total. The zero-order chi connectivity index (χ0) is 14.1. The summed E-state index contributed by atoms with van der Waals surface area (Å²) in [5.41, 5.74) is 0. The van der Waals surface area contributed by atoms with E-state index in [0.29, 0.717) is 13.2 Å². The number of nitrogens with one attached hydrogen (secondary N) is 2. The molecule has 0 aliphatic carbocycles. The van der Waals surface area contributed by atoms with E-state index in [2.05, 4.69) is 10.6 Å². The zero-order valence-electron chi connectivity index (χ0n) is 11.4. The van der Waals surface area contributed by atoms with Gasteiger partial charge >= 0.3 is 6.03 Å². The van der Waals surface area contributed by atoms with Crippen LogP contribution in [0.1, 0.15) is 13.8 Å². The van der Waals surface area contributed by atoms with E-state index in [0.717, 1.165) is 5.75 Å². The molecule has 1 rings (SSSR count). The van der Waals surface area contributed by atoms with E-state index in [-0.39, 0.29) is 24.6 Å². The van der Waals surface area contributed by atoms with E-state index >= 15 is 0 Å². The van der Waals surface area contributed by atoms with Crippen LogP contribution in [0, 0.1) is 5.92 Å².